The summed E-state index contributed by atoms with van der Waals surface area (Å²) in [7, 11) is 0. The molecule has 2 aromatic carbocycles. The maximum absolute atomic E-state index is 12.4. The van der Waals surface area contributed by atoms with E-state index in [1.165, 1.54) is 6.08 Å². The molecule has 4 rings (SSSR count). The molecule has 0 N–H and O–H groups in total. The van der Waals surface area contributed by atoms with E-state index in [9.17, 15) is 9.59 Å². The minimum Gasteiger partial charge on any atom is -0.422 e. The largest absolute Gasteiger partial charge is 0.422 e. The van der Waals surface area contributed by atoms with E-state index >= 15 is 0 Å². The maximum atomic E-state index is 12.4. The Balaban J connectivity index is 2.06. The van der Waals surface area contributed by atoms with E-state index in [4.69, 9.17) is 9.47 Å². The third-order valence-corrected chi connectivity index (χ3v) is 6.46. The maximum Gasteiger partial charge on any atom is 0.338 e. The first-order chi connectivity index (χ1) is 13.3. The zero-order chi connectivity index (χ0) is 20.2. The summed E-state index contributed by atoms with van der Waals surface area (Å²) >= 11 is 3.50. The molecule has 3 atom stereocenters. The van der Waals surface area contributed by atoms with E-state index in [-0.39, 0.29) is 11.8 Å². The Morgan fingerprint density at radius 3 is 2.29 bits per heavy atom. The summed E-state index contributed by atoms with van der Waals surface area (Å²) < 4.78 is 12.4. The fourth-order valence-corrected chi connectivity index (χ4v) is 5.06. The van der Waals surface area contributed by atoms with Crippen LogP contribution in [0.2, 0.25) is 0 Å². The average Bonchev–Trinajstić information content (AvgIpc) is 3.16. The van der Waals surface area contributed by atoms with E-state index in [1.807, 2.05) is 18.2 Å². The van der Waals surface area contributed by atoms with E-state index < -0.39 is 11.9 Å². The highest BCUT2D eigenvalue weighted by Gasteiger charge is 2.48. The van der Waals surface area contributed by atoms with Crippen LogP contribution in [0.25, 0.3) is 10.8 Å². The SMILES string of the molecule is C=CC(=O)Oc1c2c(c(OC(=O)C(=C)C)c3ccc(Br)cc13)C1CCC2C1C. The van der Waals surface area contributed by atoms with Gasteiger partial charge >= 0.3 is 11.9 Å². The lowest BCUT2D eigenvalue weighted by molar-refractivity contribution is -0.130. The van der Waals surface area contributed by atoms with Crippen LogP contribution in [0.5, 0.6) is 11.5 Å². The van der Waals surface area contributed by atoms with Crippen molar-refractivity contribution >= 4 is 38.6 Å². The molecule has 0 saturated heterocycles. The van der Waals surface area contributed by atoms with Crippen molar-refractivity contribution in [2.24, 2.45) is 5.92 Å². The highest BCUT2D eigenvalue weighted by Crippen LogP contribution is 2.64. The lowest BCUT2D eigenvalue weighted by Crippen LogP contribution is -2.14. The lowest BCUT2D eigenvalue weighted by atomic mass is 9.87. The standard InChI is InChI=1S/C23H21BrO4/c1-5-18(25)27-22-17-10-13(24)6-7-16(17)21(28-23(26)11(2)3)19-14-8-9-15(12(14)4)20(19)22/h5-7,10,12,14-15H,1-2,8-9H2,3-4H3. The zero-order valence-corrected chi connectivity index (χ0v) is 17.5. The predicted molar refractivity (Wildman–Crippen MR) is 112 cm³/mol. The van der Waals surface area contributed by atoms with Gasteiger partial charge in [-0.15, -0.1) is 0 Å². The van der Waals surface area contributed by atoms with Gasteiger partial charge in [0.1, 0.15) is 11.5 Å². The molecule has 0 aliphatic heterocycles. The van der Waals surface area contributed by atoms with Gasteiger partial charge < -0.3 is 9.47 Å². The molecular formula is C23H21BrO4. The van der Waals surface area contributed by atoms with Crippen LogP contribution < -0.4 is 9.47 Å². The summed E-state index contributed by atoms with van der Waals surface area (Å²) in [5.41, 5.74) is 2.34. The molecule has 1 fully saturated rings. The van der Waals surface area contributed by atoms with E-state index in [2.05, 4.69) is 36.0 Å². The molecule has 0 radical (unpaired) electrons. The van der Waals surface area contributed by atoms with Crippen LogP contribution in [0.3, 0.4) is 0 Å². The lowest BCUT2D eigenvalue weighted by Gasteiger charge is -2.24. The minimum absolute atomic E-state index is 0.276. The van der Waals surface area contributed by atoms with Gasteiger partial charge in [0.05, 0.1) is 0 Å². The fourth-order valence-electron chi connectivity index (χ4n) is 4.70. The molecule has 28 heavy (non-hydrogen) atoms. The summed E-state index contributed by atoms with van der Waals surface area (Å²) in [5.74, 6) is 1.15. The summed E-state index contributed by atoms with van der Waals surface area (Å²) in [5, 5.41) is 1.50. The Hall–Kier alpha value is -2.40. The second-order valence-corrected chi connectivity index (χ2v) is 8.54. The van der Waals surface area contributed by atoms with Gasteiger partial charge in [-0.05, 0) is 55.7 Å². The highest BCUT2D eigenvalue weighted by molar-refractivity contribution is 9.10. The number of halogens is 1. The van der Waals surface area contributed by atoms with Gasteiger partial charge in [0.2, 0.25) is 0 Å². The van der Waals surface area contributed by atoms with Crippen molar-refractivity contribution in [1.82, 2.24) is 0 Å². The van der Waals surface area contributed by atoms with Crippen LogP contribution in [0.4, 0.5) is 0 Å². The first kappa shape index (κ1) is 18.9. The van der Waals surface area contributed by atoms with Gasteiger partial charge in [0.15, 0.2) is 0 Å². The Morgan fingerprint density at radius 2 is 1.71 bits per heavy atom. The van der Waals surface area contributed by atoms with Crippen LogP contribution in [0.15, 0.2) is 47.5 Å². The summed E-state index contributed by atoms with van der Waals surface area (Å²) in [6.45, 7) is 11.1. The van der Waals surface area contributed by atoms with Crippen LogP contribution >= 0.6 is 15.9 Å². The van der Waals surface area contributed by atoms with Gasteiger partial charge in [-0.1, -0.05) is 36.0 Å². The molecule has 0 aromatic heterocycles. The average molecular weight is 441 g/mol. The third kappa shape index (κ3) is 2.80. The predicted octanol–water partition coefficient (Wildman–Crippen LogP) is 5.79. The molecule has 0 heterocycles. The first-order valence-corrected chi connectivity index (χ1v) is 10.1. The molecule has 0 spiro atoms. The number of fused-ring (bicyclic) bond motifs is 6. The number of hydrogen-bond donors (Lipinski definition) is 0. The van der Waals surface area contributed by atoms with Gasteiger partial charge in [0, 0.05) is 38.0 Å². The van der Waals surface area contributed by atoms with Gasteiger partial charge in [-0.2, -0.15) is 0 Å². The van der Waals surface area contributed by atoms with Crippen molar-refractivity contribution in [3.05, 3.63) is 58.6 Å². The number of esters is 2. The van der Waals surface area contributed by atoms with Crippen molar-refractivity contribution in [1.29, 1.82) is 0 Å². The van der Waals surface area contributed by atoms with Gasteiger partial charge in [-0.3, -0.25) is 0 Å². The molecule has 144 valence electrons. The molecule has 2 aliphatic carbocycles. The highest BCUT2D eigenvalue weighted by atomic mass is 79.9. The Kier molecular flexibility index (Phi) is 4.66. The van der Waals surface area contributed by atoms with E-state index in [0.717, 1.165) is 39.2 Å². The van der Waals surface area contributed by atoms with Gasteiger partial charge in [-0.25, -0.2) is 9.59 Å². The summed E-state index contributed by atoms with van der Waals surface area (Å²) in [4.78, 5) is 24.5. The van der Waals surface area contributed by atoms with E-state index in [0.29, 0.717) is 23.0 Å². The number of hydrogen-bond acceptors (Lipinski definition) is 4. The fraction of sp³-hybridized carbons (Fsp3) is 0.304. The molecule has 0 amide bonds. The van der Waals surface area contributed by atoms with Crippen LogP contribution in [-0.4, -0.2) is 11.9 Å². The number of ether oxygens (including phenoxy) is 2. The normalized spacial score (nSPS) is 22.0. The Labute approximate surface area is 172 Å². The molecule has 2 bridgehead atoms. The molecule has 4 nitrogen and oxygen atoms in total. The first-order valence-electron chi connectivity index (χ1n) is 9.34. The number of carbonyl (C=O) groups excluding carboxylic acids is 2. The van der Waals surface area contributed by atoms with Crippen LogP contribution in [0, 0.1) is 5.92 Å². The molecular weight excluding hydrogens is 420 g/mol. The number of benzene rings is 2. The van der Waals surface area contributed by atoms with Crippen LogP contribution in [0.1, 0.15) is 49.7 Å². The van der Waals surface area contributed by atoms with Crippen molar-refractivity contribution in [2.45, 2.75) is 38.5 Å². The van der Waals surface area contributed by atoms with Crippen molar-refractivity contribution < 1.29 is 19.1 Å². The molecule has 5 heteroatoms. The van der Waals surface area contributed by atoms with Crippen molar-refractivity contribution in [3.63, 3.8) is 0 Å². The Morgan fingerprint density at radius 1 is 1.11 bits per heavy atom. The van der Waals surface area contributed by atoms with Gasteiger partial charge in [0.25, 0.3) is 0 Å². The second-order valence-electron chi connectivity index (χ2n) is 7.62. The molecule has 2 aromatic rings. The Bertz CT molecular complexity index is 1050. The smallest absolute Gasteiger partial charge is 0.338 e. The summed E-state index contributed by atoms with van der Waals surface area (Å²) in [6.07, 6.45) is 3.24. The minimum atomic E-state index is -0.495. The number of carbonyl (C=O) groups is 2. The zero-order valence-electron chi connectivity index (χ0n) is 15.9. The monoisotopic (exact) mass is 440 g/mol. The van der Waals surface area contributed by atoms with Crippen LogP contribution in [-0.2, 0) is 9.59 Å². The quantitative estimate of drug-likeness (QED) is 0.343. The molecule has 2 aliphatic rings. The molecule has 3 unspecified atom stereocenters. The second kappa shape index (κ2) is 6.89. The van der Waals surface area contributed by atoms with Crippen molar-refractivity contribution in [2.75, 3.05) is 0 Å². The number of rotatable bonds is 4. The van der Waals surface area contributed by atoms with E-state index in [1.54, 1.807) is 6.92 Å². The van der Waals surface area contributed by atoms with Crippen molar-refractivity contribution in [3.8, 4) is 11.5 Å². The molecule has 1 saturated carbocycles. The summed E-state index contributed by atoms with van der Waals surface area (Å²) in [6, 6.07) is 5.68. The third-order valence-electron chi connectivity index (χ3n) is 5.96. The topological polar surface area (TPSA) is 52.6 Å².